The summed E-state index contributed by atoms with van der Waals surface area (Å²) in [6.45, 7) is 7.40. The Balaban J connectivity index is 1.95. The van der Waals surface area contributed by atoms with Crippen LogP contribution < -0.4 is 10.6 Å². The van der Waals surface area contributed by atoms with Gasteiger partial charge in [-0.15, -0.1) is 0 Å². The predicted octanol–water partition coefficient (Wildman–Crippen LogP) is 3.70. The summed E-state index contributed by atoms with van der Waals surface area (Å²) in [5.41, 5.74) is 2.42. The highest BCUT2D eigenvalue weighted by molar-refractivity contribution is 5.84. The summed E-state index contributed by atoms with van der Waals surface area (Å²) >= 11 is 0. The largest absolute Gasteiger partial charge is 0.365 e. The van der Waals surface area contributed by atoms with Crippen molar-refractivity contribution in [2.75, 3.05) is 5.32 Å². The van der Waals surface area contributed by atoms with Crippen LogP contribution in [-0.4, -0.2) is 16.6 Å². The summed E-state index contributed by atoms with van der Waals surface area (Å²) < 4.78 is 0. The fourth-order valence-corrected chi connectivity index (χ4v) is 2.38. The minimum absolute atomic E-state index is 0.0245. The van der Waals surface area contributed by atoms with Gasteiger partial charge in [-0.3, -0.25) is 0 Å². The Morgan fingerprint density at radius 2 is 1.95 bits per heavy atom. The summed E-state index contributed by atoms with van der Waals surface area (Å²) in [5, 5.41) is 8.33. The molecule has 1 fully saturated rings. The van der Waals surface area contributed by atoms with Crippen molar-refractivity contribution in [1.29, 1.82) is 0 Å². The van der Waals surface area contributed by atoms with Crippen molar-refractivity contribution in [2.45, 2.75) is 51.7 Å². The van der Waals surface area contributed by atoms with Gasteiger partial charge in [0.1, 0.15) is 5.82 Å². The molecule has 1 aliphatic carbocycles. The lowest BCUT2D eigenvalue weighted by atomic mass is 10.1. The quantitative estimate of drug-likeness (QED) is 0.888. The monoisotopic (exact) mass is 269 g/mol. The van der Waals surface area contributed by atoms with Gasteiger partial charge in [-0.2, -0.15) is 0 Å². The van der Waals surface area contributed by atoms with Gasteiger partial charge in [0.25, 0.3) is 0 Å². The minimum Gasteiger partial charge on any atom is -0.365 e. The number of rotatable bonds is 4. The van der Waals surface area contributed by atoms with Crippen molar-refractivity contribution in [3.8, 4) is 0 Å². The zero-order valence-corrected chi connectivity index (χ0v) is 12.5. The number of hydrogen-bond acceptors (Lipinski definition) is 3. The summed E-state index contributed by atoms with van der Waals surface area (Å²) in [5.74, 6) is 0.962. The van der Waals surface area contributed by atoms with Gasteiger partial charge < -0.3 is 10.6 Å². The molecule has 3 nitrogen and oxygen atoms in total. The Morgan fingerprint density at radius 3 is 2.65 bits per heavy atom. The smallest absolute Gasteiger partial charge is 0.127 e. The molecule has 106 valence electrons. The maximum Gasteiger partial charge on any atom is 0.127 e. The lowest BCUT2D eigenvalue weighted by Crippen LogP contribution is -2.27. The summed E-state index contributed by atoms with van der Waals surface area (Å²) in [4.78, 5) is 4.73. The molecule has 0 saturated heterocycles. The van der Waals surface area contributed by atoms with E-state index in [1.807, 2.05) is 6.07 Å². The zero-order chi connectivity index (χ0) is 14.2. The Bertz CT molecular complexity index is 609. The number of aromatic nitrogens is 1. The second-order valence-corrected chi connectivity index (χ2v) is 6.71. The van der Waals surface area contributed by atoms with Gasteiger partial charge in [0.2, 0.25) is 0 Å². The molecule has 1 saturated carbocycles. The molecule has 2 aromatic rings. The van der Waals surface area contributed by atoms with Crippen molar-refractivity contribution in [3.05, 3.63) is 35.9 Å². The molecule has 1 aromatic heterocycles. The Morgan fingerprint density at radius 1 is 1.20 bits per heavy atom. The van der Waals surface area contributed by atoms with Crippen LogP contribution in [0.5, 0.6) is 0 Å². The van der Waals surface area contributed by atoms with Crippen LogP contribution in [0.15, 0.2) is 30.3 Å². The molecule has 1 aromatic carbocycles. The Kier molecular flexibility index (Phi) is 3.38. The molecule has 0 radical (unpaired) electrons. The van der Waals surface area contributed by atoms with Crippen LogP contribution in [0.4, 0.5) is 5.82 Å². The van der Waals surface area contributed by atoms with Crippen LogP contribution in [0.25, 0.3) is 10.9 Å². The zero-order valence-electron chi connectivity index (χ0n) is 12.5. The van der Waals surface area contributed by atoms with E-state index >= 15 is 0 Å². The second kappa shape index (κ2) is 5.06. The van der Waals surface area contributed by atoms with Crippen molar-refractivity contribution < 1.29 is 0 Å². The van der Waals surface area contributed by atoms with Crippen molar-refractivity contribution in [1.82, 2.24) is 10.3 Å². The van der Waals surface area contributed by atoms with E-state index in [-0.39, 0.29) is 5.54 Å². The molecule has 0 spiro atoms. The van der Waals surface area contributed by atoms with E-state index in [1.54, 1.807) is 0 Å². The van der Waals surface area contributed by atoms with Crippen molar-refractivity contribution >= 4 is 16.7 Å². The van der Waals surface area contributed by atoms with E-state index in [1.165, 1.54) is 23.8 Å². The van der Waals surface area contributed by atoms with Gasteiger partial charge in [-0.25, -0.2) is 4.98 Å². The van der Waals surface area contributed by atoms with Gasteiger partial charge in [0.05, 0.1) is 5.52 Å². The van der Waals surface area contributed by atoms with Gasteiger partial charge in [-0.05, 0) is 51.3 Å². The topological polar surface area (TPSA) is 37.0 Å². The number of benzene rings is 1. The van der Waals surface area contributed by atoms with Crippen molar-refractivity contribution in [2.24, 2.45) is 0 Å². The van der Waals surface area contributed by atoms with Gasteiger partial charge >= 0.3 is 0 Å². The maximum absolute atomic E-state index is 4.73. The molecule has 0 atom stereocenters. The molecule has 2 N–H and O–H groups in total. The second-order valence-electron chi connectivity index (χ2n) is 6.71. The van der Waals surface area contributed by atoms with E-state index in [4.69, 9.17) is 4.98 Å². The van der Waals surface area contributed by atoms with E-state index in [9.17, 15) is 0 Å². The highest BCUT2D eigenvalue weighted by Crippen LogP contribution is 2.24. The molecule has 3 rings (SSSR count). The average molecular weight is 269 g/mol. The molecule has 3 heteroatoms. The van der Waals surface area contributed by atoms with Crippen LogP contribution in [0.2, 0.25) is 0 Å². The highest BCUT2D eigenvalue weighted by Gasteiger charge is 2.20. The number of nitrogens with one attached hydrogen (secondary N) is 2. The standard InChI is InChI=1S/C17H23N3/c1-17(2,3)20-16-10-12(11-18-13-8-9-13)14-6-4-5-7-15(14)19-16/h4-7,10,13,18H,8-9,11H2,1-3H3,(H,19,20). The fourth-order valence-electron chi connectivity index (χ4n) is 2.38. The SMILES string of the molecule is CC(C)(C)Nc1cc(CNC2CC2)c2ccccc2n1. The first kappa shape index (κ1) is 13.4. The Labute approximate surface area is 120 Å². The number of para-hydroxylation sites is 1. The molecule has 0 unspecified atom stereocenters. The third-order valence-electron chi connectivity index (χ3n) is 3.46. The first-order chi connectivity index (χ1) is 9.51. The molecule has 1 aliphatic rings. The number of hydrogen-bond donors (Lipinski definition) is 2. The molecule has 0 amide bonds. The van der Waals surface area contributed by atoms with Crippen LogP contribution in [0.3, 0.4) is 0 Å². The number of pyridine rings is 1. The summed E-state index contributed by atoms with van der Waals surface area (Å²) in [6, 6.07) is 11.3. The van der Waals surface area contributed by atoms with Crippen LogP contribution in [0, 0.1) is 0 Å². The molecular formula is C17H23N3. The third kappa shape index (κ3) is 3.28. The summed E-state index contributed by atoms with van der Waals surface area (Å²) in [6.07, 6.45) is 2.63. The molecule has 0 bridgehead atoms. The Hall–Kier alpha value is -1.61. The van der Waals surface area contributed by atoms with Gasteiger partial charge in [0, 0.05) is 23.5 Å². The van der Waals surface area contributed by atoms with Crippen LogP contribution >= 0.6 is 0 Å². The molecular weight excluding hydrogens is 246 g/mol. The first-order valence-electron chi connectivity index (χ1n) is 7.41. The number of fused-ring (bicyclic) bond motifs is 1. The lowest BCUT2D eigenvalue weighted by Gasteiger charge is -2.22. The average Bonchev–Trinajstić information content (AvgIpc) is 3.18. The minimum atomic E-state index is 0.0245. The summed E-state index contributed by atoms with van der Waals surface area (Å²) in [7, 11) is 0. The maximum atomic E-state index is 4.73. The van der Waals surface area contributed by atoms with E-state index in [0.717, 1.165) is 23.9 Å². The molecule has 1 heterocycles. The number of nitrogens with zero attached hydrogens (tertiary/aromatic N) is 1. The van der Waals surface area contributed by atoms with Gasteiger partial charge in [0.15, 0.2) is 0 Å². The lowest BCUT2D eigenvalue weighted by molar-refractivity contribution is 0.630. The van der Waals surface area contributed by atoms with Gasteiger partial charge in [-0.1, -0.05) is 18.2 Å². The van der Waals surface area contributed by atoms with E-state index < -0.39 is 0 Å². The van der Waals surface area contributed by atoms with E-state index in [0.29, 0.717) is 0 Å². The number of anilines is 1. The predicted molar refractivity (Wildman–Crippen MR) is 85.0 cm³/mol. The van der Waals surface area contributed by atoms with E-state index in [2.05, 4.69) is 55.7 Å². The first-order valence-corrected chi connectivity index (χ1v) is 7.41. The fraction of sp³-hybridized carbons (Fsp3) is 0.471. The highest BCUT2D eigenvalue weighted by atomic mass is 15.0. The van der Waals surface area contributed by atoms with Crippen LogP contribution in [-0.2, 0) is 6.54 Å². The normalized spacial score (nSPS) is 15.6. The molecule has 20 heavy (non-hydrogen) atoms. The van der Waals surface area contributed by atoms with Crippen molar-refractivity contribution in [3.63, 3.8) is 0 Å². The third-order valence-corrected chi connectivity index (χ3v) is 3.46. The van der Waals surface area contributed by atoms with Crippen LogP contribution in [0.1, 0.15) is 39.2 Å². The molecule has 0 aliphatic heterocycles.